The number of aliphatic imine (C=N–C) groups is 2. The van der Waals surface area contributed by atoms with Crippen LogP contribution in [0.1, 0.15) is 147 Å². The van der Waals surface area contributed by atoms with Gasteiger partial charge in [-0.15, -0.1) is 0 Å². The summed E-state index contributed by atoms with van der Waals surface area (Å²) in [6.45, 7) is 11.6. The van der Waals surface area contributed by atoms with Gasteiger partial charge in [-0.1, -0.05) is 77.2 Å². The molecule has 2 aliphatic carbocycles. The predicted molar refractivity (Wildman–Crippen MR) is 261 cm³/mol. The average molecular weight is 900 g/mol. The number of aldehydes is 1. The zero-order chi connectivity index (χ0) is 45.3. The van der Waals surface area contributed by atoms with Crippen LogP contribution in [-0.4, -0.2) is 113 Å². The molecule has 2 saturated heterocycles. The number of carbonyl (C=O) groups is 3. The topological polar surface area (TPSA) is 137 Å². The Balaban J connectivity index is 0.738. The summed E-state index contributed by atoms with van der Waals surface area (Å²) in [7, 11) is 5.41. The largest absolute Gasteiger partial charge is 0.357 e. The number of amides is 2. The number of carbonyl (C=O) groups excluding carboxylic acids is 3. The van der Waals surface area contributed by atoms with Gasteiger partial charge in [0.15, 0.2) is 0 Å². The zero-order valence-electron chi connectivity index (χ0n) is 39.5. The minimum atomic E-state index is -0.709. The smallest absolute Gasteiger partial charge is 0.329 e. The van der Waals surface area contributed by atoms with E-state index in [9.17, 15) is 19.2 Å². The number of fused-ring (bicyclic) bond motifs is 1. The number of nitrogens with one attached hydrogen (secondary N) is 2. The van der Waals surface area contributed by atoms with Gasteiger partial charge in [0.1, 0.15) is 18.1 Å². The molecule has 3 aliphatic heterocycles. The van der Waals surface area contributed by atoms with Gasteiger partial charge in [-0.2, -0.15) is 0 Å². The van der Waals surface area contributed by atoms with Crippen molar-refractivity contribution in [2.45, 2.75) is 160 Å². The van der Waals surface area contributed by atoms with Gasteiger partial charge in [0.2, 0.25) is 11.8 Å². The normalized spacial score (nSPS) is 22.9. The Morgan fingerprint density at radius 1 is 0.938 bits per heavy atom. The summed E-state index contributed by atoms with van der Waals surface area (Å²) in [5.41, 5.74) is 3.56. The quantitative estimate of drug-likeness (QED) is 0.0423. The molecule has 14 heteroatoms. The van der Waals surface area contributed by atoms with E-state index in [-0.39, 0.29) is 35.4 Å². The molecule has 2 N–H and O–H groups in total. The minimum absolute atomic E-state index is 0.220. The second-order valence-corrected chi connectivity index (χ2v) is 21.1. The number of piperidine rings is 1. The summed E-state index contributed by atoms with van der Waals surface area (Å²) >= 11 is 1.95. The number of unbranched alkanes of at least 4 members (excludes halogenated alkanes) is 9. The van der Waals surface area contributed by atoms with Gasteiger partial charge < -0.3 is 15.4 Å². The van der Waals surface area contributed by atoms with Crippen LogP contribution in [0.25, 0.3) is 11.0 Å². The molecule has 7 rings (SSSR count). The molecular weight excluding hydrogens is 823 g/mol. The summed E-state index contributed by atoms with van der Waals surface area (Å²) in [5, 5.41) is 6.16. The molecule has 1 spiro atoms. The lowest BCUT2D eigenvalue weighted by atomic mass is 9.77. The zero-order valence-corrected chi connectivity index (χ0v) is 40.3. The summed E-state index contributed by atoms with van der Waals surface area (Å²) in [6, 6.07) is 5.95. The van der Waals surface area contributed by atoms with Gasteiger partial charge >= 0.3 is 5.69 Å². The fourth-order valence-corrected chi connectivity index (χ4v) is 12.7. The average Bonchev–Trinajstić information content (AvgIpc) is 3.86. The molecule has 2 saturated carbocycles. The molecular formula is C50H77N9O4S. The van der Waals surface area contributed by atoms with Crippen LogP contribution in [0, 0.1) is 16.7 Å². The second-order valence-electron chi connectivity index (χ2n) is 19.9. The van der Waals surface area contributed by atoms with E-state index in [0.29, 0.717) is 23.8 Å². The van der Waals surface area contributed by atoms with Gasteiger partial charge in [-0.05, 0) is 102 Å². The first kappa shape index (κ1) is 48.3. The maximum atomic E-state index is 13.7. The van der Waals surface area contributed by atoms with Crippen molar-refractivity contribution in [3.63, 3.8) is 0 Å². The highest BCUT2D eigenvalue weighted by Crippen LogP contribution is 2.59. The number of rotatable bonds is 26. The molecule has 64 heavy (non-hydrogen) atoms. The van der Waals surface area contributed by atoms with Gasteiger partial charge in [0, 0.05) is 88.6 Å². The molecule has 0 bridgehead atoms. The van der Waals surface area contributed by atoms with Crippen molar-refractivity contribution in [1.82, 2.24) is 33.3 Å². The Hall–Kier alpha value is -3.59. The number of aromatic nitrogens is 2. The SMILES string of the molecule is C=NC1=C(C=NC2CCN(SN3CC(CCCCCCCCCCCCc4ccc5c(c4)n(C)c(=O)n5C(CCC=O)C(=O)NC)(CNC)C3)CC2)C2(CC2)C(=O)N1C1CCCC1C. The van der Waals surface area contributed by atoms with Crippen LogP contribution in [0.3, 0.4) is 0 Å². The number of benzene rings is 1. The Morgan fingerprint density at radius 3 is 2.23 bits per heavy atom. The lowest BCUT2D eigenvalue weighted by molar-refractivity contribution is -0.134. The van der Waals surface area contributed by atoms with Gasteiger partial charge in [0.25, 0.3) is 0 Å². The fraction of sp³-hybridized carbons (Fsp3) is 0.720. The Kier molecular flexibility index (Phi) is 16.8. The molecule has 4 heterocycles. The second kappa shape index (κ2) is 22.3. The van der Waals surface area contributed by atoms with E-state index in [0.717, 1.165) is 106 Å². The standard InChI is InChI=1S/C50H77N9O4S/c1-37-18-16-20-41(37)59-45(52-3)40(50(27-28-50)47(59)62)33-54-39-24-29-56(30-25-39)64-57-35-49(36-57,34-51-2)26-15-13-11-9-7-6-8-10-12-14-19-38-22-23-42-44(32-38)55(5)48(63)58(42)43(21-17-31-60)46(61)53-4/h22-23,31-33,37,39,41,43,51H,3,6-21,24-30,34-36H2,1-2,4-5H3,(H,53,61). The first-order chi connectivity index (χ1) is 31.1. The molecule has 2 aromatic rings. The van der Waals surface area contributed by atoms with Crippen LogP contribution in [0.15, 0.2) is 44.4 Å². The van der Waals surface area contributed by atoms with Crippen molar-refractivity contribution in [3.8, 4) is 0 Å². The Morgan fingerprint density at radius 2 is 1.62 bits per heavy atom. The summed E-state index contributed by atoms with van der Waals surface area (Å²) in [4.78, 5) is 62.1. The first-order valence-electron chi connectivity index (χ1n) is 24.8. The van der Waals surface area contributed by atoms with Crippen LogP contribution < -0.4 is 16.3 Å². The number of hydrogen-bond donors (Lipinski definition) is 2. The van der Waals surface area contributed by atoms with E-state index in [1.54, 1.807) is 18.7 Å². The number of hydrogen-bond acceptors (Lipinski definition) is 10. The lowest BCUT2D eigenvalue weighted by Crippen LogP contribution is -2.58. The van der Waals surface area contributed by atoms with Gasteiger partial charge in [-0.3, -0.25) is 28.6 Å². The van der Waals surface area contributed by atoms with E-state index in [1.807, 2.05) is 29.3 Å². The van der Waals surface area contributed by atoms with Crippen LogP contribution in [0.5, 0.6) is 0 Å². The van der Waals surface area contributed by atoms with Crippen molar-refractivity contribution >= 4 is 54.2 Å². The summed E-state index contributed by atoms with van der Waals surface area (Å²) < 4.78 is 8.26. The van der Waals surface area contributed by atoms with Crippen LogP contribution in [0.4, 0.5) is 0 Å². The fourth-order valence-electron chi connectivity index (χ4n) is 11.3. The molecule has 3 unspecified atom stereocenters. The van der Waals surface area contributed by atoms with E-state index >= 15 is 0 Å². The third-order valence-corrected chi connectivity index (χ3v) is 16.4. The highest BCUT2D eigenvalue weighted by molar-refractivity contribution is 7.94. The molecule has 0 radical (unpaired) electrons. The molecule has 1 aromatic carbocycles. The van der Waals surface area contributed by atoms with E-state index < -0.39 is 6.04 Å². The number of imidazole rings is 1. The van der Waals surface area contributed by atoms with Gasteiger partial charge in [0.05, 0.1) is 22.5 Å². The molecule has 5 aliphatic rings. The number of likely N-dealkylation sites (N-methyl/N-ethyl adjacent to an activating group) is 1. The molecule has 2 amide bonds. The third-order valence-electron chi connectivity index (χ3n) is 15.3. The van der Waals surface area contributed by atoms with E-state index in [2.05, 4.69) is 57.1 Å². The predicted octanol–water partition coefficient (Wildman–Crippen LogP) is 7.78. The van der Waals surface area contributed by atoms with Gasteiger partial charge in [-0.25, -0.2) is 18.4 Å². The molecule has 1 aromatic heterocycles. The number of nitrogens with zero attached hydrogens (tertiary/aromatic N) is 7. The molecule has 13 nitrogen and oxygen atoms in total. The Bertz CT molecular complexity index is 2060. The van der Waals surface area contributed by atoms with Crippen LogP contribution in [-0.2, 0) is 27.9 Å². The maximum absolute atomic E-state index is 13.7. The molecule has 3 atom stereocenters. The van der Waals surface area contributed by atoms with E-state index in [4.69, 9.17) is 4.99 Å². The van der Waals surface area contributed by atoms with Crippen molar-refractivity contribution in [3.05, 3.63) is 45.6 Å². The highest BCUT2D eigenvalue weighted by atomic mass is 32.2. The van der Waals surface area contributed by atoms with Crippen LogP contribution >= 0.6 is 12.1 Å². The van der Waals surface area contributed by atoms with Crippen molar-refractivity contribution < 1.29 is 14.4 Å². The van der Waals surface area contributed by atoms with Crippen molar-refractivity contribution in [2.75, 3.05) is 46.8 Å². The first-order valence-corrected chi connectivity index (χ1v) is 25.6. The Labute approximate surface area is 386 Å². The monoisotopic (exact) mass is 900 g/mol. The van der Waals surface area contributed by atoms with Crippen molar-refractivity contribution in [1.29, 1.82) is 0 Å². The summed E-state index contributed by atoms with van der Waals surface area (Å²) in [5.74, 6) is 1.28. The van der Waals surface area contributed by atoms with E-state index in [1.165, 1.54) is 87.2 Å². The third kappa shape index (κ3) is 10.8. The summed E-state index contributed by atoms with van der Waals surface area (Å²) in [6.07, 6.45) is 25.7. The maximum Gasteiger partial charge on any atom is 0.329 e. The molecule has 4 fully saturated rings. The highest BCUT2D eigenvalue weighted by Gasteiger charge is 2.62. The minimum Gasteiger partial charge on any atom is -0.357 e. The number of aryl methyl sites for hydroxylation is 2. The van der Waals surface area contributed by atoms with Crippen LogP contribution in [0.2, 0.25) is 0 Å². The lowest BCUT2D eigenvalue weighted by Gasteiger charge is -2.51. The van der Waals surface area contributed by atoms with Crippen molar-refractivity contribution in [2.24, 2.45) is 33.8 Å². The molecule has 352 valence electrons.